The standard InChI is InChI=1S/C12H16ClN3O3/c1-7-11(13)8(2)16(14-7)4-3-15-6-9(12(18)19)5-10(15)17/h9H,3-6H2,1-2H3,(H,18,19). The van der Waals surface area contributed by atoms with Crippen molar-refractivity contribution < 1.29 is 14.7 Å². The van der Waals surface area contributed by atoms with Crippen LogP contribution in [0.5, 0.6) is 0 Å². The van der Waals surface area contributed by atoms with Gasteiger partial charge in [-0.25, -0.2) is 0 Å². The summed E-state index contributed by atoms with van der Waals surface area (Å²) in [4.78, 5) is 24.1. The minimum atomic E-state index is -0.912. The Labute approximate surface area is 115 Å². The number of carboxylic acids is 1. The topological polar surface area (TPSA) is 75.4 Å². The van der Waals surface area contributed by atoms with E-state index in [1.165, 1.54) is 0 Å². The first kappa shape index (κ1) is 13.9. The van der Waals surface area contributed by atoms with Gasteiger partial charge in [-0.15, -0.1) is 0 Å². The third kappa shape index (κ3) is 2.73. The Morgan fingerprint density at radius 3 is 2.63 bits per heavy atom. The molecule has 0 radical (unpaired) electrons. The van der Waals surface area contributed by atoms with Gasteiger partial charge in [0, 0.05) is 19.5 Å². The normalized spacial score (nSPS) is 19.2. The highest BCUT2D eigenvalue weighted by molar-refractivity contribution is 6.31. The molecule has 1 aromatic rings. The minimum Gasteiger partial charge on any atom is -0.481 e. The van der Waals surface area contributed by atoms with Crippen LogP contribution < -0.4 is 0 Å². The molecule has 0 bridgehead atoms. The number of aromatic nitrogens is 2. The van der Waals surface area contributed by atoms with E-state index in [0.717, 1.165) is 11.4 Å². The van der Waals surface area contributed by atoms with Crippen molar-refractivity contribution in [3.05, 3.63) is 16.4 Å². The number of carbonyl (C=O) groups is 2. The molecule has 2 rings (SSSR count). The van der Waals surface area contributed by atoms with Crippen molar-refractivity contribution in [2.75, 3.05) is 13.1 Å². The van der Waals surface area contributed by atoms with Gasteiger partial charge in [0.15, 0.2) is 0 Å². The summed E-state index contributed by atoms with van der Waals surface area (Å²) in [6.45, 7) is 4.96. The molecule has 1 unspecified atom stereocenters. The van der Waals surface area contributed by atoms with Crippen LogP contribution in [0.3, 0.4) is 0 Å². The van der Waals surface area contributed by atoms with Crippen molar-refractivity contribution in [2.45, 2.75) is 26.8 Å². The lowest BCUT2D eigenvalue weighted by Crippen LogP contribution is -2.30. The van der Waals surface area contributed by atoms with Crippen LogP contribution in [0.1, 0.15) is 17.8 Å². The van der Waals surface area contributed by atoms with E-state index in [2.05, 4.69) is 5.10 Å². The smallest absolute Gasteiger partial charge is 0.308 e. The molecule has 1 aliphatic rings. The molecule has 19 heavy (non-hydrogen) atoms. The average Bonchev–Trinajstić information content (AvgIpc) is 2.83. The number of carboxylic acid groups (broad SMARTS) is 1. The zero-order valence-electron chi connectivity index (χ0n) is 10.9. The van der Waals surface area contributed by atoms with Gasteiger partial charge in [0.1, 0.15) is 0 Å². The van der Waals surface area contributed by atoms with Gasteiger partial charge in [0.25, 0.3) is 0 Å². The van der Waals surface area contributed by atoms with Crippen LogP contribution in [0.4, 0.5) is 0 Å². The van der Waals surface area contributed by atoms with E-state index in [1.54, 1.807) is 9.58 Å². The number of amides is 1. The summed E-state index contributed by atoms with van der Waals surface area (Å²) in [6, 6.07) is 0. The third-order valence-electron chi connectivity index (χ3n) is 3.44. The molecule has 0 saturated carbocycles. The molecule has 0 spiro atoms. The van der Waals surface area contributed by atoms with Crippen LogP contribution in [0.25, 0.3) is 0 Å². The molecule has 0 aromatic carbocycles. The van der Waals surface area contributed by atoms with Gasteiger partial charge in [0.2, 0.25) is 5.91 Å². The zero-order chi connectivity index (χ0) is 14.2. The predicted octanol–water partition coefficient (Wildman–Crippen LogP) is 1.09. The van der Waals surface area contributed by atoms with Crippen molar-refractivity contribution >= 4 is 23.5 Å². The number of aryl methyl sites for hydroxylation is 1. The fourth-order valence-corrected chi connectivity index (χ4v) is 2.40. The van der Waals surface area contributed by atoms with E-state index in [9.17, 15) is 9.59 Å². The van der Waals surface area contributed by atoms with E-state index < -0.39 is 11.9 Å². The largest absolute Gasteiger partial charge is 0.481 e. The molecule has 1 aromatic heterocycles. The molecule has 1 atom stereocenters. The number of halogens is 1. The lowest BCUT2D eigenvalue weighted by Gasteiger charge is -2.16. The highest BCUT2D eigenvalue weighted by atomic mass is 35.5. The number of rotatable bonds is 4. The molecular weight excluding hydrogens is 270 g/mol. The molecule has 1 saturated heterocycles. The summed E-state index contributed by atoms with van der Waals surface area (Å²) >= 11 is 6.05. The van der Waals surface area contributed by atoms with Crippen molar-refractivity contribution in [1.82, 2.24) is 14.7 Å². The lowest BCUT2D eigenvalue weighted by molar-refractivity contribution is -0.141. The zero-order valence-corrected chi connectivity index (χ0v) is 11.6. The Hall–Kier alpha value is -1.56. The fourth-order valence-electron chi connectivity index (χ4n) is 2.26. The van der Waals surface area contributed by atoms with E-state index in [-0.39, 0.29) is 18.9 Å². The van der Waals surface area contributed by atoms with Gasteiger partial charge >= 0.3 is 5.97 Å². The Balaban J connectivity index is 1.98. The van der Waals surface area contributed by atoms with Gasteiger partial charge < -0.3 is 10.0 Å². The summed E-state index contributed by atoms with van der Waals surface area (Å²) < 4.78 is 1.75. The van der Waals surface area contributed by atoms with E-state index in [4.69, 9.17) is 16.7 Å². The number of aliphatic carboxylic acids is 1. The van der Waals surface area contributed by atoms with Crippen LogP contribution in [0.2, 0.25) is 5.02 Å². The van der Waals surface area contributed by atoms with Gasteiger partial charge in [-0.1, -0.05) is 11.6 Å². The summed E-state index contributed by atoms with van der Waals surface area (Å²) in [5, 5.41) is 13.8. The molecule has 7 heteroatoms. The second-order valence-corrected chi connectivity index (χ2v) is 5.16. The number of likely N-dealkylation sites (tertiary alicyclic amines) is 1. The summed E-state index contributed by atoms with van der Waals surface area (Å²) in [5.41, 5.74) is 1.62. The molecule has 104 valence electrons. The van der Waals surface area contributed by atoms with Crippen LogP contribution in [-0.4, -0.2) is 44.8 Å². The van der Waals surface area contributed by atoms with Crippen molar-refractivity contribution in [3.8, 4) is 0 Å². The third-order valence-corrected chi connectivity index (χ3v) is 3.99. The maximum Gasteiger partial charge on any atom is 0.308 e. The first-order chi connectivity index (χ1) is 8.90. The second kappa shape index (κ2) is 5.21. The number of nitrogens with zero attached hydrogens (tertiary/aromatic N) is 3. The SMILES string of the molecule is Cc1nn(CCN2CC(C(=O)O)CC2=O)c(C)c1Cl. The Kier molecular flexibility index (Phi) is 3.80. The molecular formula is C12H16ClN3O3. The lowest BCUT2D eigenvalue weighted by atomic mass is 10.1. The average molecular weight is 286 g/mol. The van der Waals surface area contributed by atoms with E-state index in [1.807, 2.05) is 13.8 Å². The number of hydrogen-bond acceptors (Lipinski definition) is 3. The van der Waals surface area contributed by atoms with Gasteiger partial charge in [-0.05, 0) is 13.8 Å². The van der Waals surface area contributed by atoms with Crippen LogP contribution in [0.15, 0.2) is 0 Å². The van der Waals surface area contributed by atoms with Crippen molar-refractivity contribution in [2.24, 2.45) is 5.92 Å². The summed E-state index contributed by atoms with van der Waals surface area (Å²) in [5.74, 6) is -1.61. The maximum atomic E-state index is 11.7. The minimum absolute atomic E-state index is 0.0905. The maximum absolute atomic E-state index is 11.7. The Morgan fingerprint density at radius 1 is 1.47 bits per heavy atom. The second-order valence-electron chi connectivity index (χ2n) is 4.79. The van der Waals surface area contributed by atoms with E-state index >= 15 is 0 Å². The number of hydrogen-bond donors (Lipinski definition) is 1. The molecule has 1 amide bonds. The van der Waals surface area contributed by atoms with Gasteiger partial charge in [0.05, 0.1) is 28.9 Å². The van der Waals surface area contributed by atoms with Crippen LogP contribution in [-0.2, 0) is 16.1 Å². The van der Waals surface area contributed by atoms with Crippen LogP contribution >= 0.6 is 11.6 Å². The van der Waals surface area contributed by atoms with E-state index in [0.29, 0.717) is 18.1 Å². The molecule has 2 heterocycles. The summed E-state index contributed by atoms with van der Waals surface area (Å²) in [7, 11) is 0. The van der Waals surface area contributed by atoms with Crippen molar-refractivity contribution in [1.29, 1.82) is 0 Å². The molecule has 1 aliphatic heterocycles. The van der Waals surface area contributed by atoms with Gasteiger partial charge in [-0.2, -0.15) is 5.10 Å². The highest BCUT2D eigenvalue weighted by Gasteiger charge is 2.33. The molecule has 1 N–H and O–H groups in total. The molecule has 0 aliphatic carbocycles. The van der Waals surface area contributed by atoms with Crippen molar-refractivity contribution in [3.63, 3.8) is 0 Å². The van der Waals surface area contributed by atoms with Crippen LogP contribution in [0, 0.1) is 19.8 Å². The first-order valence-electron chi connectivity index (χ1n) is 6.10. The molecule has 6 nitrogen and oxygen atoms in total. The first-order valence-corrected chi connectivity index (χ1v) is 6.48. The fraction of sp³-hybridized carbons (Fsp3) is 0.583. The Bertz CT molecular complexity index is 527. The monoisotopic (exact) mass is 285 g/mol. The summed E-state index contributed by atoms with van der Waals surface area (Å²) in [6.07, 6.45) is 0.0905. The Morgan fingerprint density at radius 2 is 2.16 bits per heavy atom. The van der Waals surface area contributed by atoms with Gasteiger partial charge in [-0.3, -0.25) is 14.3 Å². The number of carbonyl (C=O) groups excluding carboxylic acids is 1. The predicted molar refractivity (Wildman–Crippen MR) is 69.0 cm³/mol. The molecule has 1 fully saturated rings. The highest BCUT2D eigenvalue weighted by Crippen LogP contribution is 2.20. The quantitative estimate of drug-likeness (QED) is 0.898.